The summed E-state index contributed by atoms with van der Waals surface area (Å²) in [5.74, 6) is 0.0714. The fourth-order valence-electron chi connectivity index (χ4n) is 3.11. The minimum Gasteiger partial charge on any atom is -0.508 e. The first-order valence-corrected chi connectivity index (χ1v) is 8.61. The number of halogens is 1. The number of hydrazine groups is 1. The van der Waals surface area contributed by atoms with E-state index in [0.717, 1.165) is 22.4 Å². The summed E-state index contributed by atoms with van der Waals surface area (Å²) in [5, 5.41) is 13.8. The Morgan fingerprint density at radius 2 is 1.84 bits per heavy atom. The largest absolute Gasteiger partial charge is 0.508 e. The number of carbonyl (C=O) groups is 1. The molecular formula is C19H22ClN3O2. The first kappa shape index (κ1) is 17.7. The molecule has 0 saturated carbocycles. The molecule has 0 aliphatic carbocycles. The van der Waals surface area contributed by atoms with Gasteiger partial charge in [-0.3, -0.25) is 4.79 Å². The smallest absolute Gasteiger partial charge is 0.242 e. The van der Waals surface area contributed by atoms with E-state index in [-0.39, 0.29) is 17.7 Å². The average Bonchev–Trinajstić information content (AvgIpc) is 3.04. The highest BCUT2D eigenvalue weighted by Crippen LogP contribution is 2.34. The quantitative estimate of drug-likeness (QED) is 0.676. The zero-order chi connectivity index (χ0) is 18.1. The third kappa shape index (κ3) is 3.63. The van der Waals surface area contributed by atoms with Crippen molar-refractivity contribution in [3.8, 4) is 5.75 Å². The summed E-state index contributed by atoms with van der Waals surface area (Å²) in [6.45, 7) is 5.78. The number of hydrogen-bond donors (Lipinski definition) is 4. The van der Waals surface area contributed by atoms with E-state index in [9.17, 15) is 9.90 Å². The minimum absolute atomic E-state index is 0.106. The van der Waals surface area contributed by atoms with E-state index in [1.165, 1.54) is 0 Å². The van der Waals surface area contributed by atoms with Gasteiger partial charge in [0.15, 0.2) is 0 Å². The number of phenolic OH excluding ortho intramolecular Hbond substituents is 1. The van der Waals surface area contributed by atoms with Gasteiger partial charge < -0.3 is 10.4 Å². The molecule has 2 aromatic rings. The predicted octanol–water partition coefficient (Wildman–Crippen LogP) is 3.52. The molecule has 1 saturated heterocycles. The van der Waals surface area contributed by atoms with E-state index in [4.69, 9.17) is 11.6 Å². The summed E-state index contributed by atoms with van der Waals surface area (Å²) in [6, 6.07) is 8.71. The second kappa shape index (κ2) is 7.04. The van der Waals surface area contributed by atoms with Crippen LogP contribution in [0.2, 0.25) is 5.02 Å². The second-order valence-corrected chi connectivity index (χ2v) is 6.95. The zero-order valence-electron chi connectivity index (χ0n) is 14.5. The lowest BCUT2D eigenvalue weighted by Crippen LogP contribution is -2.39. The molecule has 0 aromatic heterocycles. The number of phenols is 1. The van der Waals surface area contributed by atoms with Gasteiger partial charge in [0.2, 0.25) is 5.91 Å². The van der Waals surface area contributed by atoms with Crippen molar-refractivity contribution in [2.45, 2.75) is 39.3 Å². The minimum atomic E-state index is -0.400. The number of hydrogen-bond acceptors (Lipinski definition) is 4. The number of carbonyl (C=O) groups excluding carboxylic acids is 1. The Kier molecular flexibility index (Phi) is 4.99. The Morgan fingerprint density at radius 3 is 2.52 bits per heavy atom. The van der Waals surface area contributed by atoms with E-state index in [1.807, 2.05) is 39.0 Å². The lowest BCUT2D eigenvalue weighted by Gasteiger charge is -2.15. The van der Waals surface area contributed by atoms with Crippen LogP contribution in [0.5, 0.6) is 5.75 Å². The molecule has 2 aromatic carbocycles. The number of aryl methyl sites for hydroxylation is 3. The van der Waals surface area contributed by atoms with Crippen molar-refractivity contribution in [2.24, 2.45) is 0 Å². The van der Waals surface area contributed by atoms with Crippen molar-refractivity contribution in [3.05, 3.63) is 57.6 Å². The summed E-state index contributed by atoms with van der Waals surface area (Å²) >= 11 is 6.17. The zero-order valence-corrected chi connectivity index (χ0v) is 15.2. The van der Waals surface area contributed by atoms with Crippen molar-refractivity contribution in [1.82, 2.24) is 10.9 Å². The van der Waals surface area contributed by atoms with Gasteiger partial charge in [-0.2, -0.15) is 0 Å². The second-order valence-electron chi connectivity index (χ2n) is 6.55. The Balaban J connectivity index is 1.73. The van der Waals surface area contributed by atoms with Crippen molar-refractivity contribution in [3.63, 3.8) is 0 Å². The Bertz CT molecular complexity index is 802. The lowest BCUT2D eigenvalue weighted by molar-refractivity contribution is -0.117. The van der Waals surface area contributed by atoms with Gasteiger partial charge in [0.25, 0.3) is 0 Å². The average molecular weight is 360 g/mol. The molecule has 4 N–H and O–H groups in total. The van der Waals surface area contributed by atoms with Crippen LogP contribution in [0.25, 0.3) is 0 Å². The van der Waals surface area contributed by atoms with E-state index in [2.05, 4.69) is 16.2 Å². The molecular weight excluding hydrogens is 338 g/mol. The third-order valence-corrected chi connectivity index (χ3v) is 5.04. The molecule has 3 rings (SSSR count). The maximum absolute atomic E-state index is 12.6. The number of aromatic hydroxyl groups is 1. The molecule has 5 nitrogen and oxygen atoms in total. The molecule has 2 atom stereocenters. The van der Waals surface area contributed by atoms with Crippen molar-refractivity contribution in [2.75, 3.05) is 5.32 Å². The van der Waals surface area contributed by atoms with E-state index < -0.39 is 6.04 Å². The lowest BCUT2D eigenvalue weighted by atomic mass is 9.99. The standard InChI is InChI=1S/C19H22ClN3O2/c1-10-5-4-6-11(2)18(10)21-19(25)16-9-15(22-23-16)13-8-14(20)12(3)7-17(13)24/h4-8,15-16,22-24H,9H2,1-3H3,(H,21,25). The summed E-state index contributed by atoms with van der Waals surface area (Å²) in [6.07, 6.45) is 0.518. The van der Waals surface area contributed by atoms with Gasteiger partial charge in [-0.25, -0.2) is 10.9 Å². The first-order chi connectivity index (χ1) is 11.9. The molecule has 1 aliphatic heterocycles. The topological polar surface area (TPSA) is 73.4 Å². The molecule has 132 valence electrons. The highest BCUT2D eigenvalue weighted by molar-refractivity contribution is 6.31. The summed E-state index contributed by atoms with van der Waals surface area (Å²) in [5.41, 5.74) is 10.5. The van der Waals surface area contributed by atoms with Crippen LogP contribution in [-0.2, 0) is 4.79 Å². The number of para-hydroxylation sites is 1. The normalized spacial score (nSPS) is 19.8. The van der Waals surface area contributed by atoms with Crippen LogP contribution in [0.3, 0.4) is 0 Å². The van der Waals surface area contributed by atoms with Crippen LogP contribution in [0.15, 0.2) is 30.3 Å². The number of amides is 1. The highest BCUT2D eigenvalue weighted by atomic mass is 35.5. The molecule has 2 unspecified atom stereocenters. The molecule has 0 bridgehead atoms. The molecule has 1 heterocycles. The number of benzene rings is 2. The fourth-order valence-corrected chi connectivity index (χ4v) is 3.29. The monoisotopic (exact) mass is 359 g/mol. The summed E-state index contributed by atoms with van der Waals surface area (Å²) < 4.78 is 0. The van der Waals surface area contributed by atoms with Crippen LogP contribution in [0.1, 0.15) is 34.7 Å². The maximum Gasteiger partial charge on any atom is 0.242 e. The van der Waals surface area contributed by atoms with Gasteiger partial charge in [0, 0.05) is 16.3 Å². The fraction of sp³-hybridized carbons (Fsp3) is 0.316. The van der Waals surface area contributed by atoms with Gasteiger partial charge >= 0.3 is 0 Å². The third-order valence-electron chi connectivity index (χ3n) is 4.63. The number of nitrogens with one attached hydrogen (secondary N) is 3. The van der Waals surface area contributed by atoms with Gasteiger partial charge in [-0.1, -0.05) is 29.8 Å². The maximum atomic E-state index is 12.6. The van der Waals surface area contributed by atoms with Gasteiger partial charge in [0.05, 0.1) is 6.04 Å². The van der Waals surface area contributed by atoms with Crippen LogP contribution >= 0.6 is 11.6 Å². The first-order valence-electron chi connectivity index (χ1n) is 8.24. The van der Waals surface area contributed by atoms with Gasteiger partial charge in [-0.05, 0) is 56.0 Å². The van der Waals surface area contributed by atoms with Crippen LogP contribution in [0.4, 0.5) is 5.69 Å². The summed E-state index contributed by atoms with van der Waals surface area (Å²) in [7, 11) is 0. The Hall–Kier alpha value is -2.08. The molecule has 1 amide bonds. The van der Waals surface area contributed by atoms with Crippen LogP contribution in [0, 0.1) is 20.8 Å². The number of rotatable bonds is 3. The van der Waals surface area contributed by atoms with Gasteiger partial charge in [0.1, 0.15) is 11.8 Å². The van der Waals surface area contributed by atoms with E-state index in [0.29, 0.717) is 17.0 Å². The van der Waals surface area contributed by atoms with Crippen molar-refractivity contribution in [1.29, 1.82) is 0 Å². The highest BCUT2D eigenvalue weighted by Gasteiger charge is 2.32. The van der Waals surface area contributed by atoms with Crippen molar-refractivity contribution >= 4 is 23.2 Å². The predicted molar refractivity (Wildman–Crippen MR) is 99.8 cm³/mol. The molecule has 25 heavy (non-hydrogen) atoms. The van der Waals surface area contributed by atoms with E-state index >= 15 is 0 Å². The molecule has 0 spiro atoms. The van der Waals surface area contributed by atoms with E-state index in [1.54, 1.807) is 12.1 Å². The van der Waals surface area contributed by atoms with Crippen molar-refractivity contribution < 1.29 is 9.90 Å². The van der Waals surface area contributed by atoms with Crippen LogP contribution in [-0.4, -0.2) is 17.1 Å². The Labute approximate surface area is 152 Å². The molecule has 0 radical (unpaired) electrons. The number of anilines is 1. The van der Waals surface area contributed by atoms with Crippen LogP contribution < -0.4 is 16.2 Å². The SMILES string of the molecule is Cc1cc(O)c(C2CC(C(=O)Nc3c(C)cccc3C)NN2)cc1Cl. The van der Waals surface area contributed by atoms with Gasteiger partial charge in [-0.15, -0.1) is 0 Å². The Morgan fingerprint density at radius 1 is 1.16 bits per heavy atom. The molecule has 6 heteroatoms. The summed E-state index contributed by atoms with van der Waals surface area (Å²) in [4.78, 5) is 12.6. The molecule has 1 fully saturated rings. The molecule has 1 aliphatic rings.